The summed E-state index contributed by atoms with van der Waals surface area (Å²) in [7, 11) is 0. The van der Waals surface area contributed by atoms with Crippen molar-refractivity contribution >= 4 is 40.0 Å². The van der Waals surface area contributed by atoms with Gasteiger partial charge in [0.1, 0.15) is 35.7 Å². The summed E-state index contributed by atoms with van der Waals surface area (Å²) >= 11 is 2.21. The van der Waals surface area contributed by atoms with Crippen molar-refractivity contribution in [1.82, 2.24) is 19.5 Å². The number of carbonyl (C=O) groups excluding carboxylic acids is 1. The first-order valence-electron chi connectivity index (χ1n) is 12.2. The first-order chi connectivity index (χ1) is 17.5. The van der Waals surface area contributed by atoms with Gasteiger partial charge in [0.25, 0.3) is 0 Å². The van der Waals surface area contributed by atoms with E-state index in [0.29, 0.717) is 17.9 Å². The fraction of sp³-hybridized carbons (Fsp3) is 0.500. The van der Waals surface area contributed by atoms with Gasteiger partial charge in [-0.15, -0.1) is 0 Å². The van der Waals surface area contributed by atoms with E-state index in [1.54, 1.807) is 9.42 Å². The van der Waals surface area contributed by atoms with Crippen LogP contribution in [-0.2, 0) is 25.6 Å². The summed E-state index contributed by atoms with van der Waals surface area (Å²) in [6.45, 7) is 9.93. The van der Waals surface area contributed by atoms with E-state index in [2.05, 4.69) is 32.7 Å². The fourth-order valence-corrected chi connectivity index (χ4v) is 5.88. The molecule has 2 N–H and O–H groups in total. The van der Waals surface area contributed by atoms with Crippen LogP contribution in [-0.4, -0.2) is 61.8 Å². The molecule has 2 saturated heterocycles. The Morgan fingerprint density at radius 3 is 2.59 bits per heavy atom. The van der Waals surface area contributed by atoms with Crippen molar-refractivity contribution in [3.05, 3.63) is 57.6 Å². The summed E-state index contributed by atoms with van der Waals surface area (Å²) in [5.41, 5.74) is 7.95. The molecule has 10 nitrogen and oxygen atoms in total. The maximum absolute atomic E-state index is 13.8. The maximum atomic E-state index is 13.8. The number of fused-ring (bicyclic) bond motifs is 2. The van der Waals surface area contributed by atoms with Crippen molar-refractivity contribution in [2.45, 2.75) is 76.9 Å². The van der Waals surface area contributed by atoms with Crippen molar-refractivity contribution in [2.75, 3.05) is 12.3 Å². The molecule has 0 unspecified atom stereocenters. The van der Waals surface area contributed by atoms with E-state index in [9.17, 15) is 4.79 Å². The van der Waals surface area contributed by atoms with Crippen molar-refractivity contribution in [3.8, 4) is 0 Å². The Bertz CT molecular complexity index is 1290. The number of carbonyl (C=O) groups is 1. The molecule has 2 aromatic heterocycles. The van der Waals surface area contributed by atoms with E-state index < -0.39 is 41.8 Å². The van der Waals surface area contributed by atoms with Crippen LogP contribution in [0.4, 0.5) is 10.6 Å². The van der Waals surface area contributed by atoms with Gasteiger partial charge in [0, 0.05) is 3.57 Å². The van der Waals surface area contributed by atoms with Crippen LogP contribution in [0.3, 0.4) is 0 Å². The highest BCUT2D eigenvalue weighted by Crippen LogP contribution is 2.48. The average Bonchev–Trinajstić information content (AvgIpc) is 3.40. The second-order valence-electron chi connectivity index (χ2n) is 10.8. The molecule has 0 spiro atoms. The standard InChI is InChI=1S/C26H32IN5O5/c1-25(2,3)37-24(33)31-18(13-34-12-15-9-7-6-8-10-15)21-22(36-26(4,5)35-21)20(31)17-11-16(27)19-23(28)29-14-30-32(17)19/h6-11,14,18,20-22H,12-13H2,1-5H3,(H2,28,29,30)/t18-,20+,21-,22+/m1/s1. The first-order valence-corrected chi connectivity index (χ1v) is 13.3. The molecule has 0 bridgehead atoms. The summed E-state index contributed by atoms with van der Waals surface area (Å²) < 4.78 is 27.4. The van der Waals surface area contributed by atoms with E-state index in [1.165, 1.54) is 6.33 Å². The number of anilines is 1. The smallest absolute Gasteiger partial charge is 0.411 e. The molecule has 4 heterocycles. The van der Waals surface area contributed by atoms with Crippen molar-refractivity contribution < 1.29 is 23.7 Å². The number of ether oxygens (including phenoxy) is 4. The van der Waals surface area contributed by atoms with Crippen LogP contribution in [0, 0.1) is 3.57 Å². The van der Waals surface area contributed by atoms with Crippen LogP contribution in [0.5, 0.6) is 0 Å². The van der Waals surface area contributed by atoms with Crippen molar-refractivity contribution in [1.29, 1.82) is 0 Å². The lowest BCUT2D eigenvalue weighted by Crippen LogP contribution is -2.47. The molecule has 5 rings (SSSR count). The first kappa shape index (κ1) is 26.1. The van der Waals surface area contributed by atoms with Gasteiger partial charge < -0.3 is 24.7 Å². The Labute approximate surface area is 229 Å². The highest BCUT2D eigenvalue weighted by Gasteiger charge is 2.61. The quantitative estimate of drug-likeness (QED) is 0.420. The molecule has 0 radical (unpaired) electrons. The second kappa shape index (κ2) is 9.68. The second-order valence-corrected chi connectivity index (χ2v) is 12.0. The Kier molecular flexibility index (Phi) is 6.84. The van der Waals surface area contributed by atoms with Crippen LogP contribution in [0.2, 0.25) is 0 Å². The molecule has 1 aromatic carbocycles. The van der Waals surface area contributed by atoms with Crippen LogP contribution in [0.1, 0.15) is 51.9 Å². The molecular formula is C26H32IN5O5. The van der Waals surface area contributed by atoms with E-state index in [-0.39, 0.29) is 6.61 Å². The van der Waals surface area contributed by atoms with Crippen LogP contribution in [0.15, 0.2) is 42.7 Å². The summed E-state index contributed by atoms with van der Waals surface area (Å²) in [4.78, 5) is 19.6. The SMILES string of the molecule is CC(C)(C)OC(=O)N1[C@H](COCc2ccccc2)[C@H]2OC(C)(C)O[C@H]2[C@@H]1c1cc(I)c2c(N)ncnn12. The number of amides is 1. The number of hydrogen-bond donors (Lipinski definition) is 1. The van der Waals surface area contributed by atoms with Gasteiger partial charge in [0.05, 0.1) is 24.9 Å². The number of nitrogen functional groups attached to an aromatic ring is 1. The van der Waals surface area contributed by atoms with E-state index in [4.69, 9.17) is 24.7 Å². The minimum Gasteiger partial charge on any atom is -0.444 e. The Morgan fingerprint density at radius 1 is 1.19 bits per heavy atom. The van der Waals surface area contributed by atoms with Crippen LogP contribution < -0.4 is 5.73 Å². The molecule has 4 atom stereocenters. The van der Waals surface area contributed by atoms with Crippen LogP contribution >= 0.6 is 22.6 Å². The minimum atomic E-state index is -0.834. The summed E-state index contributed by atoms with van der Waals surface area (Å²) in [6, 6.07) is 10.8. The predicted octanol–water partition coefficient (Wildman–Crippen LogP) is 4.31. The highest BCUT2D eigenvalue weighted by atomic mass is 127. The number of rotatable bonds is 5. The zero-order valence-electron chi connectivity index (χ0n) is 21.6. The molecule has 2 aliphatic heterocycles. The Balaban J connectivity index is 1.56. The molecule has 3 aromatic rings. The fourth-order valence-electron chi connectivity index (χ4n) is 5.06. The topological polar surface area (TPSA) is 113 Å². The van der Waals surface area contributed by atoms with Gasteiger partial charge in [-0.25, -0.2) is 14.3 Å². The van der Waals surface area contributed by atoms with Crippen molar-refractivity contribution in [3.63, 3.8) is 0 Å². The lowest BCUT2D eigenvalue weighted by molar-refractivity contribution is -0.170. The Morgan fingerprint density at radius 2 is 1.89 bits per heavy atom. The molecule has 37 heavy (non-hydrogen) atoms. The zero-order chi connectivity index (χ0) is 26.5. The highest BCUT2D eigenvalue weighted by molar-refractivity contribution is 14.1. The maximum Gasteiger partial charge on any atom is 0.411 e. The van der Waals surface area contributed by atoms with Gasteiger partial charge in [-0.3, -0.25) is 4.90 Å². The third-order valence-electron chi connectivity index (χ3n) is 6.38. The molecule has 0 saturated carbocycles. The molecule has 11 heteroatoms. The molecule has 2 aliphatic rings. The number of nitrogens with zero attached hydrogens (tertiary/aromatic N) is 4. The van der Waals surface area contributed by atoms with Gasteiger partial charge in [-0.2, -0.15) is 5.10 Å². The monoisotopic (exact) mass is 621 g/mol. The van der Waals surface area contributed by atoms with Gasteiger partial charge in [-0.05, 0) is 68.8 Å². The average molecular weight is 621 g/mol. The number of aromatic nitrogens is 3. The minimum absolute atomic E-state index is 0.239. The molecule has 2 fully saturated rings. The number of halogens is 1. The normalized spacial score (nSPS) is 25.0. The summed E-state index contributed by atoms with van der Waals surface area (Å²) in [5, 5.41) is 4.47. The van der Waals surface area contributed by atoms with Gasteiger partial charge in [-0.1, -0.05) is 30.3 Å². The Hall–Kier alpha value is -2.48. The third-order valence-corrected chi connectivity index (χ3v) is 7.20. The number of hydrogen-bond acceptors (Lipinski definition) is 8. The van der Waals surface area contributed by atoms with E-state index in [1.807, 2.05) is 71.0 Å². The predicted molar refractivity (Wildman–Crippen MR) is 145 cm³/mol. The van der Waals surface area contributed by atoms with Crippen molar-refractivity contribution in [2.24, 2.45) is 0 Å². The lowest BCUT2D eigenvalue weighted by atomic mass is 10.1. The number of likely N-dealkylation sites (tertiary alicyclic amines) is 1. The van der Waals surface area contributed by atoms with Gasteiger partial charge in [0.2, 0.25) is 0 Å². The summed E-state index contributed by atoms with van der Waals surface area (Å²) in [5.74, 6) is -0.477. The third kappa shape index (κ3) is 5.14. The molecule has 198 valence electrons. The number of nitrogens with two attached hydrogens (primary N) is 1. The molecular weight excluding hydrogens is 589 g/mol. The molecule has 1 amide bonds. The lowest BCUT2D eigenvalue weighted by Gasteiger charge is -2.35. The largest absolute Gasteiger partial charge is 0.444 e. The molecule has 0 aliphatic carbocycles. The van der Waals surface area contributed by atoms with Gasteiger partial charge in [0.15, 0.2) is 11.6 Å². The van der Waals surface area contributed by atoms with E-state index in [0.717, 1.165) is 14.8 Å². The number of benzene rings is 1. The van der Waals surface area contributed by atoms with Gasteiger partial charge >= 0.3 is 6.09 Å². The summed E-state index contributed by atoms with van der Waals surface area (Å²) in [6.07, 6.45) is 0.0172. The zero-order valence-corrected chi connectivity index (χ0v) is 23.7. The van der Waals surface area contributed by atoms with Crippen LogP contribution in [0.25, 0.3) is 5.52 Å². The van der Waals surface area contributed by atoms with E-state index >= 15 is 0 Å².